The van der Waals surface area contributed by atoms with Crippen LogP contribution in [0, 0.1) is 36.5 Å². The number of hydrogen-bond acceptors (Lipinski definition) is 2. The molecule has 0 unspecified atom stereocenters. The van der Waals surface area contributed by atoms with Gasteiger partial charge in [-0.3, -0.25) is 0 Å². The fourth-order valence-electron chi connectivity index (χ4n) is 10.8. The molecule has 2 aliphatic rings. The summed E-state index contributed by atoms with van der Waals surface area (Å²) >= 11 is 0. The first-order valence-electron chi connectivity index (χ1n) is 21.1. The molecule has 12 rings (SSSR count). The number of aryl methyl sites for hydroxylation is 2. The third-order valence-electron chi connectivity index (χ3n) is 13.3. The molecule has 0 amide bonds. The topological polar surface area (TPSA) is 47.6 Å². The van der Waals surface area contributed by atoms with Crippen LogP contribution in [-0.4, -0.2) is 0 Å². The van der Waals surface area contributed by atoms with Gasteiger partial charge in [0.15, 0.2) is 0 Å². The van der Waals surface area contributed by atoms with Gasteiger partial charge in [-0.15, -0.1) is 0 Å². The van der Waals surface area contributed by atoms with Gasteiger partial charge >= 0.3 is 0 Å². The van der Waals surface area contributed by atoms with Crippen LogP contribution in [0.25, 0.3) is 127 Å². The highest BCUT2D eigenvalue weighted by Gasteiger charge is 2.37. The van der Waals surface area contributed by atoms with E-state index in [1.54, 1.807) is 6.08 Å². The van der Waals surface area contributed by atoms with Gasteiger partial charge in [0.2, 0.25) is 0 Å². The fraction of sp³-hybridized carbons (Fsp3) is 0.0333. The maximum absolute atomic E-state index is 9.76. The highest BCUT2D eigenvalue weighted by atomic mass is 14.4. The van der Waals surface area contributed by atoms with Crippen molar-refractivity contribution in [2.75, 3.05) is 0 Å². The number of nitriles is 2. The molecule has 0 aliphatic heterocycles. The molecule has 0 saturated heterocycles. The molecule has 2 aliphatic carbocycles. The van der Waals surface area contributed by atoms with Crippen molar-refractivity contribution in [2.45, 2.75) is 13.8 Å². The molecule has 2 nitrogen and oxygen atoms in total. The van der Waals surface area contributed by atoms with E-state index in [1.165, 1.54) is 105 Å². The van der Waals surface area contributed by atoms with Crippen molar-refractivity contribution >= 4 is 38.4 Å². The molecule has 0 radical (unpaired) electrons. The summed E-state index contributed by atoms with van der Waals surface area (Å²) < 4.78 is 0. The highest BCUT2D eigenvalue weighted by Crippen LogP contribution is 2.64. The summed E-state index contributed by atoms with van der Waals surface area (Å²) in [5, 5.41) is 26.8. The minimum atomic E-state index is 0.0769. The highest BCUT2D eigenvalue weighted by molar-refractivity contribution is 6.35. The van der Waals surface area contributed by atoms with Gasteiger partial charge in [0.05, 0.1) is 0 Å². The SMILES string of the molecule is Cc1ccccc1-c1c2c(c(-c3ccccc3C)c3ccccc13)-c1ccc3c4c(ccc-2c14)-c1c-3c(-c2ccccc2)c2cc(C=C(C#N)C#N)ccc2c1-c1ccccc1. The zero-order valence-corrected chi connectivity index (χ0v) is 34.2. The van der Waals surface area contributed by atoms with E-state index in [1.807, 2.05) is 6.07 Å². The Balaban J connectivity index is 1.27. The quantitative estimate of drug-likeness (QED) is 0.163. The molecule has 0 N–H and O–H groups in total. The third kappa shape index (κ3) is 4.96. The van der Waals surface area contributed by atoms with E-state index in [4.69, 9.17) is 0 Å². The lowest BCUT2D eigenvalue weighted by Gasteiger charge is -2.22. The predicted molar refractivity (Wildman–Crippen MR) is 258 cm³/mol. The lowest BCUT2D eigenvalue weighted by molar-refractivity contribution is 1.46. The van der Waals surface area contributed by atoms with Gasteiger partial charge in [0, 0.05) is 0 Å². The Kier molecular flexibility index (Phi) is 7.83. The van der Waals surface area contributed by atoms with Gasteiger partial charge in [-0.05, 0) is 164 Å². The van der Waals surface area contributed by atoms with Crippen molar-refractivity contribution in [3.8, 4) is 101 Å². The van der Waals surface area contributed by atoms with Crippen molar-refractivity contribution in [3.05, 3.63) is 198 Å². The molecular weight excluding hydrogens is 749 g/mol. The van der Waals surface area contributed by atoms with E-state index in [0.717, 1.165) is 33.0 Å². The number of allylic oxidation sites excluding steroid dienone is 1. The minimum Gasteiger partial charge on any atom is -0.192 e. The standard InChI is InChI=1S/C60H36N2/c1-35-15-9-11-21-41(35)53-43-23-13-14-24-44(43)54(42-22-12-10-16-36(42)2)60-49-30-28-47-55-46(27-29-48(56(49)55)59(53)60)57-51(39-17-5-3-6-18-39)45-26-25-37(31-38(33-61)34-62)32-50(45)52(58(47)57)40-19-7-4-8-20-40/h3-32H,1-2H3. The fourth-order valence-corrected chi connectivity index (χ4v) is 10.8. The summed E-state index contributed by atoms with van der Waals surface area (Å²) in [7, 11) is 0. The predicted octanol–water partition coefficient (Wildman–Crippen LogP) is 16.2. The summed E-state index contributed by atoms with van der Waals surface area (Å²) in [6, 6.07) is 68.3. The summed E-state index contributed by atoms with van der Waals surface area (Å²) in [6.07, 6.45) is 1.69. The largest absolute Gasteiger partial charge is 0.192 e. The molecule has 0 atom stereocenters. The van der Waals surface area contributed by atoms with Crippen molar-refractivity contribution in [3.63, 3.8) is 0 Å². The van der Waals surface area contributed by atoms with Crippen LogP contribution in [0.5, 0.6) is 0 Å². The summed E-state index contributed by atoms with van der Waals surface area (Å²) in [5.74, 6) is 0. The molecule has 0 spiro atoms. The van der Waals surface area contributed by atoms with E-state index < -0.39 is 0 Å². The van der Waals surface area contributed by atoms with Crippen LogP contribution in [-0.2, 0) is 0 Å². The van der Waals surface area contributed by atoms with Gasteiger partial charge in [-0.25, -0.2) is 0 Å². The van der Waals surface area contributed by atoms with Crippen LogP contribution in [0.2, 0.25) is 0 Å². The van der Waals surface area contributed by atoms with Crippen LogP contribution in [0.4, 0.5) is 0 Å². The maximum Gasteiger partial charge on any atom is 0.130 e. The molecule has 62 heavy (non-hydrogen) atoms. The molecule has 10 aromatic rings. The zero-order valence-electron chi connectivity index (χ0n) is 34.2. The van der Waals surface area contributed by atoms with Gasteiger partial charge in [-0.1, -0.05) is 170 Å². The van der Waals surface area contributed by atoms with Crippen molar-refractivity contribution in [1.29, 1.82) is 10.5 Å². The summed E-state index contributed by atoms with van der Waals surface area (Å²) in [5.41, 5.74) is 23.1. The Morgan fingerprint density at radius 2 is 0.742 bits per heavy atom. The Bertz CT molecular complexity index is 3590. The van der Waals surface area contributed by atoms with Crippen LogP contribution in [0.1, 0.15) is 16.7 Å². The molecule has 0 aromatic heterocycles. The second-order valence-corrected chi connectivity index (χ2v) is 16.6. The number of rotatable bonds is 5. The van der Waals surface area contributed by atoms with E-state index in [2.05, 4.69) is 196 Å². The molecule has 2 heteroatoms. The summed E-state index contributed by atoms with van der Waals surface area (Å²) in [4.78, 5) is 0. The Labute approximate surface area is 360 Å². The maximum atomic E-state index is 9.76. The van der Waals surface area contributed by atoms with Gasteiger partial charge in [0.1, 0.15) is 17.7 Å². The lowest BCUT2D eigenvalue weighted by atomic mass is 9.80. The van der Waals surface area contributed by atoms with Gasteiger partial charge < -0.3 is 0 Å². The van der Waals surface area contributed by atoms with Crippen molar-refractivity contribution in [2.24, 2.45) is 0 Å². The molecule has 10 aromatic carbocycles. The number of hydrogen-bond donors (Lipinski definition) is 0. The van der Waals surface area contributed by atoms with Crippen molar-refractivity contribution < 1.29 is 0 Å². The first-order valence-corrected chi connectivity index (χ1v) is 21.1. The van der Waals surface area contributed by atoms with Gasteiger partial charge in [0.25, 0.3) is 0 Å². The van der Waals surface area contributed by atoms with Crippen LogP contribution in [0.15, 0.2) is 181 Å². The number of benzene rings is 10. The lowest BCUT2D eigenvalue weighted by Crippen LogP contribution is -1.96. The smallest absolute Gasteiger partial charge is 0.130 e. The number of fused-ring (bicyclic) bond motifs is 8. The minimum absolute atomic E-state index is 0.0769. The zero-order chi connectivity index (χ0) is 41.6. The van der Waals surface area contributed by atoms with E-state index in [-0.39, 0.29) is 5.57 Å². The Morgan fingerprint density at radius 1 is 0.355 bits per heavy atom. The molecule has 0 heterocycles. The second kappa shape index (κ2) is 13.6. The molecule has 286 valence electrons. The van der Waals surface area contributed by atoms with Crippen LogP contribution < -0.4 is 0 Å². The first kappa shape index (κ1) is 35.6. The molecule has 0 saturated carbocycles. The molecular formula is C60H36N2. The average molecular weight is 785 g/mol. The normalized spacial score (nSPS) is 11.7. The van der Waals surface area contributed by atoms with Crippen LogP contribution >= 0.6 is 0 Å². The molecule has 0 fully saturated rings. The van der Waals surface area contributed by atoms with E-state index >= 15 is 0 Å². The first-order chi connectivity index (χ1) is 30.6. The Hall–Kier alpha value is -8.30. The van der Waals surface area contributed by atoms with E-state index in [9.17, 15) is 10.5 Å². The Morgan fingerprint density at radius 3 is 1.19 bits per heavy atom. The van der Waals surface area contributed by atoms with Crippen LogP contribution in [0.3, 0.4) is 0 Å². The van der Waals surface area contributed by atoms with Gasteiger partial charge in [-0.2, -0.15) is 10.5 Å². The van der Waals surface area contributed by atoms with E-state index in [0.29, 0.717) is 0 Å². The van der Waals surface area contributed by atoms with Crippen molar-refractivity contribution in [1.82, 2.24) is 0 Å². The molecule has 0 bridgehead atoms. The second-order valence-electron chi connectivity index (χ2n) is 16.6. The monoisotopic (exact) mass is 784 g/mol. The average Bonchev–Trinajstić information content (AvgIpc) is 3.82. The summed E-state index contributed by atoms with van der Waals surface area (Å²) in [6.45, 7) is 4.47. The third-order valence-corrected chi connectivity index (χ3v) is 13.3. The number of nitrogens with zero attached hydrogens (tertiary/aromatic N) is 2.